The number of aromatic carboxylic acids is 1. The van der Waals surface area contributed by atoms with Crippen molar-refractivity contribution < 1.29 is 14.6 Å². The third kappa shape index (κ3) is 2.50. The first kappa shape index (κ1) is 11.7. The Bertz CT molecular complexity index is 414. The van der Waals surface area contributed by atoms with Gasteiger partial charge in [-0.05, 0) is 12.1 Å². The van der Waals surface area contributed by atoms with Gasteiger partial charge in [0.1, 0.15) is 5.75 Å². The largest absolute Gasteiger partial charge is 0.497 e. The van der Waals surface area contributed by atoms with Crippen LogP contribution in [0.4, 0.5) is 5.69 Å². The number of benzene rings is 1. The normalized spacial score (nSPS) is 15.7. The van der Waals surface area contributed by atoms with Crippen LogP contribution in [0.15, 0.2) is 18.2 Å². The van der Waals surface area contributed by atoms with Gasteiger partial charge in [-0.15, -0.1) is 0 Å². The fraction of sp³-hybridized carbons (Fsp3) is 0.417. The van der Waals surface area contributed by atoms with E-state index in [0.29, 0.717) is 11.3 Å². The van der Waals surface area contributed by atoms with Crippen molar-refractivity contribution in [3.05, 3.63) is 23.8 Å². The molecule has 0 radical (unpaired) electrons. The number of ether oxygens (including phenoxy) is 1. The summed E-state index contributed by atoms with van der Waals surface area (Å²) in [6.45, 7) is 3.37. The van der Waals surface area contributed by atoms with Crippen molar-refractivity contribution in [3.8, 4) is 5.75 Å². The molecule has 0 atom stereocenters. The summed E-state index contributed by atoms with van der Waals surface area (Å²) in [5, 5.41) is 12.4. The summed E-state index contributed by atoms with van der Waals surface area (Å²) in [7, 11) is 1.58. The van der Waals surface area contributed by atoms with Crippen LogP contribution >= 0.6 is 0 Å². The predicted molar refractivity (Wildman–Crippen MR) is 65.0 cm³/mol. The summed E-state index contributed by atoms with van der Waals surface area (Å²) in [5.74, 6) is -0.218. The molecule has 2 rings (SSSR count). The molecule has 1 fully saturated rings. The predicted octanol–water partition coefficient (Wildman–Crippen LogP) is 0.803. The second-order valence-electron chi connectivity index (χ2n) is 3.93. The lowest BCUT2D eigenvalue weighted by atomic mass is 10.1. The Morgan fingerprint density at radius 1 is 1.41 bits per heavy atom. The molecule has 92 valence electrons. The van der Waals surface area contributed by atoms with Crippen LogP contribution in [0.5, 0.6) is 5.75 Å². The number of piperazine rings is 1. The standard InChI is InChI=1S/C12H16N2O3/c1-17-9-2-3-10(12(15)16)11(8-9)14-6-4-13-5-7-14/h2-3,8,13H,4-7H2,1H3,(H,15,16). The Hall–Kier alpha value is -1.75. The Kier molecular flexibility index (Phi) is 3.49. The van der Waals surface area contributed by atoms with E-state index in [-0.39, 0.29) is 0 Å². The van der Waals surface area contributed by atoms with Gasteiger partial charge in [0.15, 0.2) is 0 Å². The van der Waals surface area contributed by atoms with Crippen molar-refractivity contribution in [3.63, 3.8) is 0 Å². The SMILES string of the molecule is COc1ccc(C(=O)O)c(N2CCNCC2)c1. The summed E-state index contributed by atoms with van der Waals surface area (Å²) in [5.41, 5.74) is 1.06. The monoisotopic (exact) mass is 236 g/mol. The van der Waals surface area contributed by atoms with Gasteiger partial charge in [0.25, 0.3) is 0 Å². The maximum atomic E-state index is 11.2. The Morgan fingerprint density at radius 3 is 2.71 bits per heavy atom. The van der Waals surface area contributed by atoms with Gasteiger partial charge >= 0.3 is 5.97 Å². The summed E-state index contributed by atoms with van der Waals surface area (Å²) in [6.07, 6.45) is 0. The maximum absolute atomic E-state index is 11.2. The first-order valence-electron chi connectivity index (χ1n) is 5.59. The van der Waals surface area contributed by atoms with E-state index >= 15 is 0 Å². The van der Waals surface area contributed by atoms with Crippen molar-refractivity contribution >= 4 is 11.7 Å². The number of carbonyl (C=O) groups is 1. The highest BCUT2D eigenvalue weighted by Gasteiger charge is 2.18. The van der Waals surface area contributed by atoms with Crippen LogP contribution in [0.3, 0.4) is 0 Å². The lowest BCUT2D eigenvalue weighted by Crippen LogP contribution is -2.44. The zero-order valence-corrected chi connectivity index (χ0v) is 9.77. The molecule has 1 aliphatic heterocycles. The first-order valence-corrected chi connectivity index (χ1v) is 5.59. The molecule has 0 unspecified atom stereocenters. The second kappa shape index (κ2) is 5.05. The number of nitrogens with one attached hydrogen (secondary N) is 1. The number of hydrogen-bond donors (Lipinski definition) is 2. The highest BCUT2D eigenvalue weighted by Crippen LogP contribution is 2.26. The smallest absolute Gasteiger partial charge is 0.337 e. The lowest BCUT2D eigenvalue weighted by molar-refractivity contribution is 0.0697. The van der Waals surface area contributed by atoms with Crippen molar-refractivity contribution in [2.45, 2.75) is 0 Å². The molecule has 0 aliphatic carbocycles. The molecule has 5 heteroatoms. The van der Waals surface area contributed by atoms with Crippen molar-refractivity contribution in [1.82, 2.24) is 5.32 Å². The van der Waals surface area contributed by atoms with Gasteiger partial charge in [-0.3, -0.25) is 0 Å². The molecule has 1 aliphatic rings. The molecule has 1 aromatic rings. The molecule has 0 aromatic heterocycles. The van der Waals surface area contributed by atoms with E-state index in [1.165, 1.54) is 0 Å². The molecule has 17 heavy (non-hydrogen) atoms. The van der Waals surface area contributed by atoms with E-state index in [1.807, 2.05) is 0 Å². The molecular weight excluding hydrogens is 220 g/mol. The molecule has 1 heterocycles. The number of hydrogen-bond acceptors (Lipinski definition) is 4. The minimum absolute atomic E-state index is 0.327. The van der Waals surface area contributed by atoms with E-state index < -0.39 is 5.97 Å². The molecule has 0 saturated carbocycles. The Labute approximate surface area is 100.0 Å². The van der Waals surface area contributed by atoms with Crippen LogP contribution in [-0.4, -0.2) is 44.4 Å². The van der Waals surface area contributed by atoms with E-state index in [9.17, 15) is 9.90 Å². The number of carboxylic acids is 1. The highest BCUT2D eigenvalue weighted by atomic mass is 16.5. The zero-order valence-electron chi connectivity index (χ0n) is 9.77. The number of nitrogens with zero attached hydrogens (tertiary/aromatic N) is 1. The van der Waals surface area contributed by atoms with Crippen molar-refractivity contribution in [2.75, 3.05) is 38.2 Å². The van der Waals surface area contributed by atoms with Gasteiger partial charge < -0.3 is 20.1 Å². The highest BCUT2D eigenvalue weighted by molar-refractivity contribution is 5.94. The van der Waals surface area contributed by atoms with E-state index in [1.54, 1.807) is 25.3 Å². The minimum Gasteiger partial charge on any atom is -0.497 e. The molecule has 1 saturated heterocycles. The van der Waals surface area contributed by atoms with Crippen LogP contribution < -0.4 is 15.0 Å². The molecule has 0 bridgehead atoms. The summed E-state index contributed by atoms with van der Waals surface area (Å²) < 4.78 is 5.15. The molecular formula is C12H16N2O3. The lowest BCUT2D eigenvalue weighted by Gasteiger charge is -2.30. The Morgan fingerprint density at radius 2 is 2.12 bits per heavy atom. The number of methoxy groups -OCH3 is 1. The van der Waals surface area contributed by atoms with Crippen molar-refractivity contribution in [1.29, 1.82) is 0 Å². The fourth-order valence-corrected chi connectivity index (χ4v) is 1.99. The van der Waals surface area contributed by atoms with Crippen LogP contribution in [0.25, 0.3) is 0 Å². The molecule has 0 spiro atoms. The van der Waals surface area contributed by atoms with Crippen molar-refractivity contribution in [2.24, 2.45) is 0 Å². The molecule has 0 amide bonds. The third-order valence-electron chi connectivity index (χ3n) is 2.89. The van der Waals surface area contributed by atoms with Crippen LogP contribution in [0, 0.1) is 0 Å². The summed E-state index contributed by atoms with van der Waals surface area (Å²) >= 11 is 0. The average molecular weight is 236 g/mol. The quantitative estimate of drug-likeness (QED) is 0.813. The van der Waals surface area contributed by atoms with Gasteiger partial charge in [-0.25, -0.2) is 4.79 Å². The van der Waals surface area contributed by atoms with E-state index in [2.05, 4.69) is 10.2 Å². The van der Waals surface area contributed by atoms with Gasteiger partial charge in [-0.1, -0.05) is 0 Å². The molecule has 1 aromatic carbocycles. The van der Waals surface area contributed by atoms with Gasteiger partial charge in [0.05, 0.1) is 18.4 Å². The topological polar surface area (TPSA) is 61.8 Å². The van der Waals surface area contributed by atoms with Gasteiger partial charge in [0.2, 0.25) is 0 Å². The fourth-order valence-electron chi connectivity index (χ4n) is 1.99. The zero-order chi connectivity index (χ0) is 12.3. The van der Waals surface area contributed by atoms with E-state index in [4.69, 9.17) is 4.74 Å². The minimum atomic E-state index is -0.902. The summed E-state index contributed by atoms with van der Waals surface area (Å²) in [6, 6.07) is 5.06. The van der Waals surface area contributed by atoms with Crippen LogP contribution in [-0.2, 0) is 0 Å². The number of rotatable bonds is 3. The van der Waals surface area contributed by atoms with Crippen LogP contribution in [0.2, 0.25) is 0 Å². The number of anilines is 1. The first-order chi connectivity index (χ1) is 8.22. The third-order valence-corrected chi connectivity index (χ3v) is 2.89. The Balaban J connectivity index is 2.36. The van der Waals surface area contributed by atoms with Crippen LogP contribution in [0.1, 0.15) is 10.4 Å². The average Bonchev–Trinajstić information content (AvgIpc) is 2.39. The number of carboxylic acid groups (broad SMARTS) is 1. The maximum Gasteiger partial charge on any atom is 0.337 e. The van der Waals surface area contributed by atoms with Gasteiger partial charge in [0, 0.05) is 32.2 Å². The van der Waals surface area contributed by atoms with E-state index in [0.717, 1.165) is 31.9 Å². The van der Waals surface area contributed by atoms with Gasteiger partial charge in [-0.2, -0.15) is 0 Å². The molecule has 2 N–H and O–H groups in total. The molecule has 5 nitrogen and oxygen atoms in total. The second-order valence-corrected chi connectivity index (χ2v) is 3.93. The summed E-state index contributed by atoms with van der Waals surface area (Å²) in [4.78, 5) is 13.3.